The number of nitrogens with zero attached hydrogens (tertiary/aromatic N) is 3. The first-order valence-electron chi connectivity index (χ1n) is 8.00. The summed E-state index contributed by atoms with van der Waals surface area (Å²) in [6.07, 6.45) is 1.96. The maximum absolute atomic E-state index is 12.1. The van der Waals surface area contributed by atoms with Crippen LogP contribution in [-0.4, -0.2) is 28.0 Å². The molecule has 2 aromatic carbocycles. The summed E-state index contributed by atoms with van der Waals surface area (Å²) in [5.74, 6) is -0.268. The van der Waals surface area contributed by atoms with Gasteiger partial charge in [-0.3, -0.25) is 30.4 Å². The molecule has 140 valence electrons. The number of hydrazone groups is 1. The second kappa shape index (κ2) is 9.04. The van der Waals surface area contributed by atoms with Crippen LogP contribution in [0.2, 0.25) is 0 Å². The molecule has 0 radical (unpaired) electrons. The van der Waals surface area contributed by atoms with Gasteiger partial charge in [-0.2, -0.15) is 5.10 Å². The van der Waals surface area contributed by atoms with E-state index in [-0.39, 0.29) is 11.6 Å². The fourth-order valence-electron chi connectivity index (χ4n) is 2.16. The molecule has 10 heteroatoms. The summed E-state index contributed by atoms with van der Waals surface area (Å²) in [6.45, 7) is 1.84. The van der Waals surface area contributed by atoms with E-state index in [1.807, 2.05) is 6.92 Å². The monoisotopic (exact) mass is 371 g/mol. The molecule has 1 atom stereocenters. The Bertz CT molecular complexity index is 869. The molecule has 0 saturated carbocycles. The van der Waals surface area contributed by atoms with Gasteiger partial charge in [0.1, 0.15) is 5.69 Å². The number of hydrogen-bond donors (Lipinski definition) is 2. The van der Waals surface area contributed by atoms with Crippen LogP contribution in [-0.2, 0) is 0 Å². The highest BCUT2D eigenvalue weighted by Crippen LogP contribution is 2.28. The maximum Gasteiger partial charge on any atom is 0.301 e. The molecule has 0 heterocycles. The molecule has 0 saturated heterocycles. The van der Waals surface area contributed by atoms with E-state index >= 15 is 0 Å². The van der Waals surface area contributed by atoms with E-state index in [9.17, 15) is 25.0 Å². The highest BCUT2D eigenvalue weighted by molar-refractivity contribution is 5.95. The molecule has 2 aromatic rings. The number of non-ortho nitro benzene ring substituents is 1. The van der Waals surface area contributed by atoms with Crippen molar-refractivity contribution in [2.45, 2.75) is 19.4 Å². The third-order valence-corrected chi connectivity index (χ3v) is 3.62. The summed E-state index contributed by atoms with van der Waals surface area (Å²) in [6, 6.07) is 11.5. The SMILES string of the molecule is CCC(C=NNc1ccc([N+](=O)[O-])cc1[N+](=O)[O-])NC(=O)c1ccccc1. The van der Waals surface area contributed by atoms with Crippen molar-refractivity contribution in [3.05, 3.63) is 74.3 Å². The molecule has 0 aliphatic rings. The Kier molecular flexibility index (Phi) is 6.53. The minimum absolute atomic E-state index is 0.00564. The zero-order chi connectivity index (χ0) is 19.8. The van der Waals surface area contributed by atoms with Crippen molar-refractivity contribution in [2.75, 3.05) is 5.43 Å². The van der Waals surface area contributed by atoms with Crippen molar-refractivity contribution >= 4 is 29.2 Å². The predicted octanol–water partition coefficient (Wildman–Crippen LogP) is 3.11. The highest BCUT2D eigenvalue weighted by Gasteiger charge is 2.19. The minimum atomic E-state index is -0.737. The Hall–Kier alpha value is -3.82. The first-order chi connectivity index (χ1) is 12.9. The van der Waals surface area contributed by atoms with Gasteiger partial charge in [-0.05, 0) is 24.6 Å². The first-order valence-corrected chi connectivity index (χ1v) is 8.00. The van der Waals surface area contributed by atoms with E-state index in [0.717, 1.165) is 12.1 Å². The lowest BCUT2D eigenvalue weighted by molar-refractivity contribution is -0.393. The molecule has 0 aliphatic carbocycles. The van der Waals surface area contributed by atoms with Gasteiger partial charge in [-0.1, -0.05) is 25.1 Å². The van der Waals surface area contributed by atoms with Crippen molar-refractivity contribution in [2.24, 2.45) is 5.10 Å². The number of nitrogens with one attached hydrogen (secondary N) is 2. The summed E-state index contributed by atoms with van der Waals surface area (Å²) in [7, 11) is 0. The zero-order valence-electron chi connectivity index (χ0n) is 14.4. The van der Waals surface area contributed by atoms with Gasteiger partial charge in [0.05, 0.1) is 22.0 Å². The van der Waals surface area contributed by atoms with E-state index in [2.05, 4.69) is 15.8 Å². The van der Waals surface area contributed by atoms with Gasteiger partial charge < -0.3 is 5.32 Å². The van der Waals surface area contributed by atoms with Crippen LogP contribution in [0.1, 0.15) is 23.7 Å². The van der Waals surface area contributed by atoms with E-state index in [0.29, 0.717) is 12.0 Å². The molecule has 1 unspecified atom stereocenters. The Morgan fingerprint density at radius 2 is 1.85 bits per heavy atom. The van der Waals surface area contributed by atoms with Crippen LogP contribution in [0, 0.1) is 20.2 Å². The topological polar surface area (TPSA) is 140 Å². The number of hydrogen-bond acceptors (Lipinski definition) is 7. The van der Waals surface area contributed by atoms with Crippen molar-refractivity contribution in [1.29, 1.82) is 0 Å². The Morgan fingerprint density at radius 3 is 2.44 bits per heavy atom. The van der Waals surface area contributed by atoms with E-state index in [1.54, 1.807) is 30.3 Å². The third-order valence-electron chi connectivity index (χ3n) is 3.62. The molecule has 0 spiro atoms. The number of anilines is 1. The second-order valence-corrected chi connectivity index (χ2v) is 5.46. The van der Waals surface area contributed by atoms with Gasteiger partial charge in [-0.25, -0.2) is 0 Å². The average Bonchev–Trinajstić information content (AvgIpc) is 2.67. The normalized spacial score (nSPS) is 11.7. The van der Waals surface area contributed by atoms with Crippen molar-refractivity contribution in [1.82, 2.24) is 5.32 Å². The minimum Gasteiger partial charge on any atom is -0.344 e. The lowest BCUT2D eigenvalue weighted by atomic mass is 10.2. The van der Waals surface area contributed by atoms with Crippen LogP contribution in [0.15, 0.2) is 53.6 Å². The molecule has 0 fully saturated rings. The van der Waals surface area contributed by atoms with Crippen LogP contribution in [0.25, 0.3) is 0 Å². The average molecular weight is 371 g/mol. The Morgan fingerprint density at radius 1 is 1.15 bits per heavy atom. The van der Waals surface area contributed by atoms with E-state index < -0.39 is 27.3 Å². The summed E-state index contributed by atoms with van der Waals surface area (Å²) < 4.78 is 0. The van der Waals surface area contributed by atoms with Crippen molar-refractivity contribution in [3.63, 3.8) is 0 Å². The number of nitro benzene ring substituents is 2. The van der Waals surface area contributed by atoms with E-state index in [4.69, 9.17) is 0 Å². The van der Waals surface area contributed by atoms with E-state index in [1.165, 1.54) is 12.3 Å². The lowest BCUT2D eigenvalue weighted by Crippen LogP contribution is -2.35. The molecule has 1 amide bonds. The standard InChI is InChI=1S/C17H17N5O5/c1-2-13(19-17(23)12-6-4-3-5-7-12)11-18-20-15-9-8-14(21(24)25)10-16(15)22(26)27/h3-11,13,20H,2H2,1H3,(H,19,23). The van der Waals surface area contributed by atoms with Gasteiger partial charge in [0, 0.05) is 17.8 Å². The number of carbonyl (C=O) groups excluding carboxylic acids is 1. The van der Waals surface area contributed by atoms with Crippen molar-refractivity contribution in [3.8, 4) is 0 Å². The summed E-state index contributed by atoms with van der Waals surface area (Å²) in [5.41, 5.74) is 2.14. The summed E-state index contributed by atoms with van der Waals surface area (Å²) in [4.78, 5) is 32.5. The lowest BCUT2D eigenvalue weighted by Gasteiger charge is -2.12. The van der Waals surface area contributed by atoms with Crippen LogP contribution in [0.4, 0.5) is 17.1 Å². The van der Waals surface area contributed by atoms with Crippen LogP contribution >= 0.6 is 0 Å². The zero-order valence-corrected chi connectivity index (χ0v) is 14.4. The number of carbonyl (C=O) groups is 1. The molecule has 0 aliphatic heterocycles. The molecule has 2 N–H and O–H groups in total. The third kappa shape index (κ3) is 5.33. The number of nitro groups is 2. The quantitative estimate of drug-likeness (QED) is 0.415. The molecular weight excluding hydrogens is 354 g/mol. The fraction of sp³-hybridized carbons (Fsp3) is 0.176. The Balaban J connectivity index is 2.07. The molecule has 2 rings (SSSR count). The largest absolute Gasteiger partial charge is 0.344 e. The number of benzene rings is 2. The van der Waals surface area contributed by atoms with Crippen LogP contribution in [0.5, 0.6) is 0 Å². The first kappa shape index (κ1) is 19.5. The molecule has 10 nitrogen and oxygen atoms in total. The van der Waals surface area contributed by atoms with Crippen molar-refractivity contribution < 1.29 is 14.6 Å². The smallest absolute Gasteiger partial charge is 0.301 e. The highest BCUT2D eigenvalue weighted by atomic mass is 16.6. The molecule has 0 bridgehead atoms. The second-order valence-electron chi connectivity index (χ2n) is 5.46. The van der Waals surface area contributed by atoms with Gasteiger partial charge in [-0.15, -0.1) is 0 Å². The molecule has 0 aromatic heterocycles. The van der Waals surface area contributed by atoms with Gasteiger partial charge in [0.2, 0.25) is 0 Å². The number of amides is 1. The maximum atomic E-state index is 12.1. The van der Waals surface area contributed by atoms with Gasteiger partial charge >= 0.3 is 5.69 Å². The molecular formula is C17H17N5O5. The Labute approximate surface area is 154 Å². The van der Waals surface area contributed by atoms with Gasteiger partial charge in [0.15, 0.2) is 0 Å². The van der Waals surface area contributed by atoms with Gasteiger partial charge in [0.25, 0.3) is 11.6 Å². The summed E-state index contributed by atoms with van der Waals surface area (Å²) >= 11 is 0. The number of rotatable bonds is 8. The van der Waals surface area contributed by atoms with Crippen LogP contribution < -0.4 is 10.7 Å². The summed E-state index contributed by atoms with van der Waals surface area (Å²) in [5, 5.41) is 28.5. The molecule has 27 heavy (non-hydrogen) atoms. The fourth-order valence-corrected chi connectivity index (χ4v) is 2.16. The van der Waals surface area contributed by atoms with Crippen LogP contribution in [0.3, 0.4) is 0 Å². The predicted molar refractivity (Wildman–Crippen MR) is 99.9 cm³/mol.